The Labute approximate surface area is 252 Å². The number of aryl methyl sites for hydroxylation is 3. The summed E-state index contributed by atoms with van der Waals surface area (Å²) in [5.41, 5.74) is 12.7. The van der Waals surface area contributed by atoms with Gasteiger partial charge in [0.1, 0.15) is 17.1 Å². The summed E-state index contributed by atoms with van der Waals surface area (Å²) in [7, 11) is 0. The molecule has 0 aliphatic carbocycles. The summed E-state index contributed by atoms with van der Waals surface area (Å²) >= 11 is 0. The normalized spacial score (nSPS) is 12.5. The van der Waals surface area contributed by atoms with Crippen molar-refractivity contribution >= 4 is 45.2 Å². The van der Waals surface area contributed by atoms with Crippen LogP contribution in [0.1, 0.15) is 42.0 Å². The molecule has 1 aliphatic rings. The minimum atomic E-state index is 0.180. The first kappa shape index (κ1) is 26.7. The third kappa shape index (κ3) is 4.49. The number of phenols is 1. The van der Waals surface area contributed by atoms with Gasteiger partial charge in [-0.1, -0.05) is 67.9 Å². The number of anilines is 6. The number of para-hydroxylation sites is 3. The van der Waals surface area contributed by atoms with Crippen LogP contribution in [-0.4, -0.2) is 15.1 Å². The van der Waals surface area contributed by atoms with E-state index in [1.807, 2.05) is 30.5 Å². The van der Waals surface area contributed by atoms with Gasteiger partial charge in [0.2, 0.25) is 0 Å². The van der Waals surface area contributed by atoms with Gasteiger partial charge in [-0.15, -0.1) is 0 Å². The number of nitrogens with zero attached hydrogens (tertiary/aromatic N) is 4. The van der Waals surface area contributed by atoms with E-state index in [9.17, 15) is 5.11 Å². The Balaban J connectivity index is 1.51. The van der Waals surface area contributed by atoms with Gasteiger partial charge in [-0.05, 0) is 91.9 Å². The second kappa shape index (κ2) is 10.3. The zero-order valence-electron chi connectivity index (χ0n) is 25.1. The number of rotatable bonds is 4. The van der Waals surface area contributed by atoms with Crippen LogP contribution in [-0.2, 0) is 0 Å². The van der Waals surface area contributed by atoms with Crippen LogP contribution in [0.15, 0.2) is 103 Å². The molecule has 0 spiro atoms. The topological polar surface area (TPSA) is 52.5 Å². The molecule has 0 amide bonds. The number of hydrogen-bond acceptors (Lipinski definition) is 5. The molecule has 5 nitrogen and oxygen atoms in total. The summed E-state index contributed by atoms with van der Waals surface area (Å²) < 4.78 is 0. The Morgan fingerprint density at radius 3 is 2.14 bits per heavy atom. The molecule has 6 aromatic rings. The highest BCUT2D eigenvalue weighted by Crippen LogP contribution is 2.55. The molecule has 0 saturated heterocycles. The van der Waals surface area contributed by atoms with Gasteiger partial charge in [-0.25, -0.2) is 9.97 Å². The van der Waals surface area contributed by atoms with Gasteiger partial charge in [0.25, 0.3) is 0 Å². The van der Waals surface area contributed by atoms with Crippen molar-refractivity contribution in [1.82, 2.24) is 9.97 Å². The van der Waals surface area contributed by atoms with E-state index in [2.05, 4.69) is 111 Å². The number of pyridine rings is 2. The van der Waals surface area contributed by atoms with Crippen LogP contribution in [0.4, 0.5) is 34.3 Å². The first-order chi connectivity index (χ1) is 20.8. The average Bonchev–Trinajstić information content (AvgIpc) is 3.00. The molecule has 4 aromatic carbocycles. The zero-order chi connectivity index (χ0) is 29.8. The molecule has 212 valence electrons. The Kier molecular flexibility index (Phi) is 6.39. The van der Waals surface area contributed by atoms with E-state index in [0.29, 0.717) is 11.4 Å². The van der Waals surface area contributed by atoms with E-state index in [1.54, 1.807) is 6.07 Å². The van der Waals surface area contributed by atoms with E-state index in [1.165, 1.54) is 27.9 Å². The molecular weight excluding hydrogens is 528 g/mol. The first-order valence-corrected chi connectivity index (χ1v) is 14.8. The summed E-state index contributed by atoms with van der Waals surface area (Å²) in [5.74, 6) is 1.42. The average molecular weight is 563 g/mol. The smallest absolute Gasteiger partial charge is 0.141 e. The molecule has 0 unspecified atom stereocenters. The van der Waals surface area contributed by atoms with Crippen molar-refractivity contribution in [3.8, 4) is 17.0 Å². The fourth-order valence-corrected chi connectivity index (χ4v) is 6.37. The van der Waals surface area contributed by atoms with Crippen molar-refractivity contribution in [3.05, 3.63) is 126 Å². The van der Waals surface area contributed by atoms with Gasteiger partial charge in [-0.3, -0.25) is 4.90 Å². The highest BCUT2D eigenvalue weighted by atomic mass is 16.3. The minimum Gasteiger partial charge on any atom is -0.506 e. The molecule has 3 heterocycles. The summed E-state index contributed by atoms with van der Waals surface area (Å²) in [4.78, 5) is 14.5. The van der Waals surface area contributed by atoms with Gasteiger partial charge >= 0.3 is 0 Å². The minimum absolute atomic E-state index is 0.180. The van der Waals surface area contributed by atoms with Crippen LogP contribution in [0.25, 0.3) is 22.2 Å². The number of aromatic nitrogens is 2. The molecule has 0 bridgehead atoms. The predicted molar refractivity (Wildman–Crippen MR) is 178 cm³/mol. The quantitative estimate of drug-likeness (QED) is 0.231. The molecule has 0 atom stereocenters. The van der Waals surface area contributed by atoms with Gasteiger partial charge in [-0.2, -0.15) is 0 Å². The monoisotopic (exact) mass is 562 g/mol. The summed E-state index contributed by atoms with van der Waals surface area (Å²) in [5, 5.41) is 11.5. The maximum Gasteiger partial charge on any atom is 0.141 e. The fourth-order valence-electron chi connectivity index (χ4n) is 6.37. The van der Waals surface area contributed by atoms with E-state index < -0.39 is 0 Å². The van der Waals surface area contributed by atoms with Crippen LogP contribution < -0.4 is 9.80 Å². The van der Waals surface area contributed by atoms with E-state index in [4.69, 9.17) is 9.97 Å². The third-order valence-electron chi connectivity index (χ3n) is 8.34. The second-order valence-electron chi connectivity index (χ2n) is 11.8. The van der Waals surface area contributed by atoms with Crippen LogP contribution >= 0.6 is 0 Å². The lowest BCUT2D eigenvalue weighted by molar-refractivity contribution is 0.480. The van der Waals surface area contributed by atoms with Crippen molar-refractivity contribution < 1.29 is 5.11 Å². The maximum absolute atomic E-state index is 10.6. The highest BCUT2D eigenvalue weighted by molar-refractivity contribution is 6.03. The standard InChI is InChI=1S/C38H34N4O/c1-23(2)28-17-18-39-36(22-28)41-31-10-6-7-11-32(31)42(38-25(4)19-24(3)20-26(38)5)33-16-14-29(21-34(33)41)30-15-13-27-9-8-12-35(43)37(27)40-30/h6-23,43H,1-5H3. The van der Waals surface area contributed by atoms with E-state index in [-0.39, 0.29) is 5.75 Å². The molecule has 43 heavy (non-hydrogen) atoms. The lowest BCUT2D eigenvalue weighted by Crippen LogP contribution is -2.25. The molecule has 1 N–H and O–H groups in total. The molecule has 0 radical (unpaired) electrons. The van der Waals surface area contributed by atoms with Crippen molar-refractivity contribution in [2.45, 2.75) is 40.5 Å². The van der Waals surface area contributed by atoms with Crippen molar-refractivity contribution in [1.29, 1.82) is 0 Å². The molecular formula is C38H34N4O. The number of benzene rings is 4. The number of aromatic hydroxyl groups is 1. The van der Waals surface area contributed by atoms with Gasteiger partial charge in [0.15, 0.2) is 0 Å². The van der Waals surface area contributed by atoms with Crippen LogP contribution in [0.3, 0.4) is 0 Å². The second-order valence-corrected chi connectivity index (χ2v) is 11.8. The Morgan fingerprint density at radius 1 is 0.674 bits per heavy atom. The van der Waals surface area contributed by atoms with Gasteiger partial charge in [0, 0.05) is 17.1 Å². The number of hydrogen-bond donors (Lipinski definition) is 1. The molecule has 7 rings (SSSR count). The molecule has 0 fully saturated rings. The summed E-state index contributed by atoms with van der Waals surface area (Å²) in [6, 6.07) is 33.4. The summed E-state index contributed by atoms with van der Waals surface area (Å²) in [6.45, 7) is 11.0. The Hall–Kier alpha value is -5.16. The molecule has 0 saturated carbocycles. The van der Waals surface area contributed by atoms with E-state index >= 15 is 0 Å². The van der Waals surface area contributed by atoms with Crippen molar-refractivity contribution in [2.24, 2.45) is 0 Å². The summed E-state index contributed by atoms with van der Waals surface area (Å²) in [6.07, 6.45) is 1.91. The zero-order valence-corrected chi connectivity index (χ0v) is 25.1. The van der Waals surface area contributed by atoms with Crippen LogP contribution in [0, 0.1) is 20.8 Å². The van der Waals surface area contributed by atoms with Crippen LogP contribution in [0.2, 0.25) is 0 Å². The maximum atomic E-state index is 10.6. The van der Waals surface area contributed by atoms with Crippen molar-refractivity contribution in [2.75, 3.05) is 9.80 Å². The van der Waals surface area contributed by atoms with Gasteiger partial charge < -0.3 is 10.0 Å². The largest absolute Gasteiger partial charge is 0.506 e. The lowest BCUT2D eigenvalue weighted by Gasteiger charge is -2.41. The third-order valence-corrected chi connectivity index (χ3v) is 8.34. The predicted octanol–water partition coefficient (Wildman–Crippen LogP) is 10.3. The Bertz CT molecular complexity index is 2010. The Morgan fingerprint density at radius 2 is 1.40 bits per heavy atom. The number of fused-ring (bicyclic) bond motifs is 3. The van der Waals surface area contributed by atoms with Crippen molar-refractivity contribution in [3.63, 3.8) is 0 Å². The molecule has 5 heteroatoms. The van der Waals surface area contributed by atoms with Gasteiger partial charge in [0.05, 0.1) is 34.1 Å². The highest BCUT2D eigenvalue weighted by Gasteiger charge is 2.33. The molecule has 1 aliphatic heterocycles. The van der Waals surface area contributed by atoms with Crippen LogP contribution in [0.5, 0.6) is 5.75 Å². The molecule has 2 aromatic heterocycles. The lowest BCUT2D eigenvalue weighted by atomic mass is 9.98. The number of phenolic OH excluding ortho intramolecular Hbond substituents is 1. The fraction of sp³-hybridized carbons (Fsp3) is 0.158. The SMILES string of the molecule is Cc1cc(C)c(N2c3ccccc3N(c3cc(C(C)C)ccn3)c3cc(-c4ccc5cccc(O)c5n4)ccc32)c(C)c1. The van der Waals surface area contributed by atoms with E-state index in [0.717, 1.165) is 45.2 Å². The first-order valence-electron chi connectivity index (χ1n) is 14.8.